The van der Waals surface area contributed by atoms with Crippen molar-refractivity contribution < 1.29 is 38.5 Å². The smallest absolute Gasteiger partial charge is 0.334 e. The summed E-state index contributed by atoms with van der Waals surface area (Å²) in [7, 11) is 0. The van der Waals surface area contributed by atoms with Crippen molar-refractivity contribution in [1.82, 2.24) is 0 Å². The Hall–Kier alpha value is -3.26. The van der Waals surface area contributed by atoms with Crippen LogP contribution in [0.25, 0.3) is 0 Å². The molecule has 0 aromatic heterocycles. The predicted octanol–water partition coefficient (Wildman–Crippen LogP) is 7.99. The first-order valence-corrected chi connectivity index (χ1v) is 18.8. The zero-order valence-corrected chi connectivity index (χ0v) is 31.4. The van der Waals surface area contributed by atoms with Crippen LogP contribution in [-0.2, 0) is 33.4 Å². The highest BCUT2D eigenvalue weighted by molar-refractivity contribution is 5.96. The maximum Gasteiger partial charge on any atom is 0.334 e. The maximum atomic E-state index is 14.9. The largest absolute Gasteiger partial charge is 0.462 e. The van der Waals surface area contributed by atoms with E-state index in [1.165, 1.54) is 6.92 Å². The fourth-order valence-electron chi connectivity index (χ4n) is 9.54. The second-order valence-corrected chi connectivity index (χ2v) is 16.4. The molecule has 8 heteroatoms. The van der Waals surface area contributed by atoms with Crippen molar-refractivity contribution in [3.05, 3.63) is 57.7 Å². The molecule has 5 rings (SSSR count). The molecule has 0 saturated carbocycles. The number of aliphatic hydroxyl groups is 1. The Morgan fingerprint density at radius 2 is 1.70 bits per heavy atom. The van der Waals surface area contributed by atoms with Crippen molar-refractivity contribution in [3.8, 4) is 0 Å². The zero-order chi connectivity index (χ0) is 36.5. The summed E-state index contributed by atoms with van der Waals surface area (Å²) in [5.74, 6) is -2.33. The number of carbonyl (C=O) groups excluding carboxylic acids is 4. The van der Waals surface area contributed by atoms with Gasteiger partial charge in [0.25, 0.3) is 0 Å². The summed E-state index contributed by atoms with van der Waals surface area (Å²) >= 11 is 0. The third-order valence-electron chi connectivity index (χ3n) is 12.3. The van der Waals surface area contributed by atoms with Crippen LogP contribution in [0, 0.1) is 29.1 Å². The van der Waals surface area contributed by atoms with Crippen LogP contribution in [0.5, 0.6) is 0 Å². The van der Waals surface area contributed by atoms with Crippen LogP contribution in [0.1, 0.15) is 126 Å². The van der Waals surface area contributed by atoms with E-state index in [4.69, 9.17) is 14.2 Å². The third-order valence-corrected chi connectivity index (χ3v) is 12.3. The fraction of sp³-hybridized carbons (Fsp3) is 0.667. The molecule has 0 aromatic rings. The molecule has 50 heavy (non-hydrogen) atoms. The van der Waals surface area contributed by atoms with Crippen molar-refractivity contribution in [1.29, 1.82) is 0 Å². The van der Waals surface area contributed by atoms with Gasteiger partial charge in [0.15, 0.2) is 5.78 Å². The molecular weight excluding hydrogens is 632 g/mol. The van der Waals surface area contributed by atoms with E-state index in [0.29, 0.717) is 63.4 Å². The summed E-state index contributed by atoms with van der Waals surface area (Å²) in [5.41, 5.74) is 3.65. The van der Waals surface area contributed by atoms with Crippen molar-refractivity contribution in [2.24, 2.45) is 29.1 Å². The molecule has 0 aromatic carbocycles. The molecule has 1 saturated heterocycles. The van der Waals surface area contributed by atoms with Crippen LogP contribution in [0.2, 0.25) is 0 Å². The maximum absolute atomic E-state index is 14.9. The average molecular weight is 691 g/mol. The first-order chi connectivity index (χ1) is 23.6. The zero-order valence-electron chi connectivity index (χ0n) is 31.4. The van der Waals surface area contributed by atoms with Gasteiger partial charge in [-0.25, -0.2) is 4.79 Å². The summed E-state index contributed by atoms with van der Waals surface area (Å²) in [4.78, 5) is 55.0. The monoisotopic (exact) mass is 690 g/mol. The highest BCUT2D eigenvalue weighted by Crippen LogP contribution is 2.60. The number of fused-ring (bicyclic) bond motifs is 4. The summed E-state index contributed by atoms with van der Waals surface area (Å²) in [6.07, 6.45) is 11.6. The van der Waals surface area contributed by atoms with Gasteiger partial charge in [-0.05, 0) is 104 Å². The van der Waals surface area contributed by atoms with Gasteiger partial charge in [0.2, 0.25) is 0 Å². The Kier molecular flexibility index (Phi) is 11.5. The molecule has 4 bridgehead atoms. The lowest BCUT2D eigenvalue weighted by molar-refractivity contribution is -0.166. The van der Waals surface area contributed by atoms with Gasteiger partial charge in [0.1, 0.15) is 17.8 Å². The van der Waals surface area contributed by atoms with Crippen molar-refractivity contribution in [2.75, 3.05) is 0 Å². The molecule has 274 valence electrons. The second-order valence-electron chi connectivity index (χ2n) is 16.4. The highest BCUT2D eigenvalue weighted by Gasteiger charge is 2.65. The van der Waals surface area contributed by atoms with E-state index >= 15 is 0 Å². The lowest BCUT2D eigenvalue weighted by Crippen LogP contribution is -2.49. The van der Waals surface area contributed by atoms with E-state index in [9.17, 15) is 24.3 Å². The third kappa shape index (κ3) is 7.66. The number of allylic oxidation sites excluding steroid dienone is 8. The summed E-state index contributed by atoms with van der Waals surface area (Å²) in [6.45, 7) is 15.6. The van der Waals surface area contributed by atoms with E-state index in [1.54, 1.807) is 6.08 Å². The van der Waals surface area contributed by atoms with Crippen molar-refractivity contribution in [2.45, 2.75) is 150 Å². The SMILES string of the molecule is CC(=O)O[C@H]1C/C(C)=C/CC/C(C)=C\C(=O)C[C@@]23C(=O)O[C@@H]([C@@H]1C(C)C)[C@@H]2CC(C)=C1CCC2=CCC[C@@](C)(OC2=O)[C@@H](O)CC/C(C)=C/[C@@H]13. The van der Waals surface area contributed by atoms with Crippen LogP contribution in [-0.4, -0.2) is 52.7 Å². The van der Waals surface area contributed by atoms with Crippen LogP contribution >= 0.6 is 0 Å². The molecule has 8 nitrogen and oxygen atoms in total. The number of ketones is 1. The highest BCUT2D eigenvalue weighted by atomic mass is 16.6. The van der Waals surface area contributed by atoms with Crippen molar-refractivity contribution in [3.63, 3.8) is 0 Å². The van der Waals surface area contributed by atoms with Crippen LogP contribution in [0.3, 0.4) is 0 Å². The molecule has 2 aliphatic carbocycles. The molecule has 0 spiro atoms. The minimum Gasteiger partial charge on any atom is -0.462 e. The molecule has 0 unspecified atom stereocenters. The van der Waals surface area contributed by atoms with Gasteiger partial charge in [-0.15, -0.1) is 0 Å². The molecule has 1 fully saturated rings. The Labute approximate surface area is 298 Å². The number of carbonyl (C=O) groups is 4. The quantitative estimate of drug-likeness (QED) is 0.176. The number of esters is 3. The van der Waals surface area contributed by atoms with Gasteiger partial charge in [0, 0.05) is 43.1 Å². The number of hydrogen-bond acceptors (Lipinski definition) is 8. The molecule has 8 atom stereocenters. The van der Waals surface area contributed by atoms with Gasteiger partial charge < -0.3 is 19.3 Å². The van der Waals surface area contributed by atoms with E-state index in [2.05, 4.69) is 32.9 Å². The Bertz CT molecular complexity index is 1540. The minimum absolute atomic E-state index is 0.00108. The van der Waals surface area contributed by atoms with E-state index in [1.807, 2.05) is 33.8 Å². The first kappa shape index (κ1) is 38.0. The Morgan fingerprint density at radius 3 is 2.40 bits per heavy atom. The topological polar surface area (TPSA) is 116 Å². The van der Waals surface area contributed by atoms with E-state index < -0.39 is 41.2 Å². The molecule has 1 N–H and O–H groups in total. The number of hydrogen-bond donors (Lipinski definition) is 1. The van der Waals surface area contributed by atoms with Gasteiger partial charge in [-0.2, -0.15) is 0 Å². The standard InChI is InChI=1S/C42H58O8/c1-24(2)37-35(48-29(7)43)21-26(4)12-9-11-25(3)19-31(44)23-42-33-20-27(5)14-17-36(45)41(8)18-10-13-30(39(46)50-41)15-16-32(33)28(6)22-34(42)38(37)49-40(42)47/h12-13,19-20,24,33-38,45H,9-11,14-18,21-23H2,1-8H3/b25-19-,26-12+,27-20+/t33-,34-,35-,36-,37+,38+,41+,42-/m0/s1. The molecule has 0 amide bonds. The van der Waals surface area contributed by atoms with Gasteiger partial charge in [0.05, 0.1) is 11.5 Å². The average Bonchev–Trinajstić information content (AvgIpc) is 3.17. The Balaban J connectivity index is 1.71. The molecule has 5 aliphatic rings. The molecule has 3 heterocycles. The minimum atomic E-state index is -1.19. The van der Waals surface area contributed by atoms with Gasteiger partial charge in [-0.1, -0.05) is 59.9 Å². The lowest BCUT2D eigenvalue weighted by Gasteiger charge is -2.46. The first-order valence-electron chi connectivity index (χ1n) is 18.8. The molecular formula is C42H58O8. The van der Waals surface area contributed by atoms with E-state index in [0.717, 1.165) is 34.3 Å². The van der Waals surface area contributed by atoms with Crippen LogP contribution in [0.15, 0.2) is 57.7 Å². The fourth-order valence-corrected chi connectivity index (χ4v) is 9.54. The molecule has 3 aliphatic heterocycles. The van der Waals surface area contributed by atoms with Crippen LogP contribution < -0.4 is 0 Å². The normalized spacial score (nSPS) is 39.2. The summed E-state index contributed by atoms with van der Waals surface area (Å²) in [6, 6.07) is 0. The number of aliphatic hydroxyl groups excluding tert-OH is 1. The second kappa shape index (κ2) is 15.1. The number of ether oxygens (including phenoxy) is 3. The summed E-state index contributed by atoms with van der Waals surface area (Å²) < 4.78 is 18.6. The lowest BCUT2D eigenvalue weighted by atomic mass is 9.54. The van der Waals surface area contributed by atoms with Gasteiger partial charge >= 0.3 is 17.9 Å². The van der Waals surface area contributed by atoms with Crippen molar-refractivity contribution >= 4 is 23.7 Å². The Morgan fingerprint density at radius 1 is 0.960 bits per heavy atom. The molecule has 0 radical (unpaired) electrons. The van der Waals surface area contributed by atoms with Gasteiger partial charge in [-0.3, -0.25) is 14.4 Å². The van der Waals surface area contributed by atoms with Crippen LogP contribution in [0.4, 0.5) is 0 Å². The predicted molar refractivity (Wildman–Crippen MR) is 192 cm³/mol. The van der Waals surface area contributed by atoms with E-state index in [-0.39, 0.29) is 41.9 Å². The number of rotatable bonds is 2. The summed E-state index contributed by atoms with van der Waals surface area (Å²) in [5, 5.41) is 11.3.